The number of carboxylic acids is 1. The Hall–Kier alpha value is -3.72. The van der Waals surface area contributed by atoms with E-state index in [0.717, 1.165) is 10.2 Å². The van der Waals surface area contributed by atoms with Crippen molar-refractivity contribution in [2.24, 2.45) is 5.41 Å². The van der Waals surface area contributed by atoms with Crippen molar-refractivity contribution in [1.82, 2.24) is 15.1 Å². The molecule has 3 aromatic rings. The number of amides is 1. The number of aliphatic carboxylic acids is 1. The molecule has 192 valence electrons. The number of halogens is 1. The fourth-order valence-electron chi connectivity index (χ4n) is 3.26. The van der Waals surface area contributed by atoms with Gasteiger partial charge in [0.25, 0.3) is 5.91 Å². The summed E-state index contributed by atoms with van der Waals surface area (Å²) in [7, 11) is 0. The van der Waals surface area contributed by atoms with E-state index in [1.807, 2.05) is 39.8 Å². The highest BCUT2D eigenvalue weighted by atomic mass is 19.1. The fraction of sp³-hybridized carbons (Fsp3) is 0.370. The molecule has 0 bridgehead atoms. The zero-order valence-corrected chi connectivity index (χ0v) is 21.1. The number of aliphatic hydroxyl groups is 1. The maximum atomic E-state index is 14.6. The summed E-state index contributed by atoms with van der Waals surface area (Å²) in [6.45, 7) is 8.97. The van der Waals surface area contributed by atoms with Crippen LogP contribution in [0, 0.1) is 18.2 Å². The van der Waals surface area contributed by atoms with Gasteiger partial charge in [0.05, 0.1) is 12.5 Å². The van der Waals surface area contributed by atoms with Crippen molar-refractivity contribution >= 4 is 11.9 Å². The van der Waals surface area contributed by atoms with E-state index >= 15 is 0 Å². The third-order valence-electron chi connectivity index (χ3n) is 6.27. The van der Waals surface area contributed by atoms with E-state index in [1.165, 1.54) is 24.3 Å². The van der Waals surface area contributed by atoms with Crippen molar-refractivity contribution in [3.63, 3.8) is 0 Å². The lowest BCUT2D eigenvalue weighted by atomic mass is 9.78. The number of carbonyl (C=O) groups is 2. The van der Waals surface area contributed by atoms with Crippen molar-refractivity contribution in [2.75, 3.05) is 6.61 Å². The summed E-state index contributed by atoms with van der Waals surface area (Å²) in [4.78, 5) is 24.6. The number of carbonyl (C=O) groups excluding carboxylic acids is 1. The second-order valence-electron chi connectivity index (χ2n) is 10.1. The number of rotatable bonds is 9. The summed E-state index contributed by atoms with van der Waals surface area (Å²) >= 11 is 0. The number of hydrogen-bond acceptors (Lipinski definition) is 5. The summed E-state index contributed by atoms with van der Waals surface area (Å²) in [5.74, 6) is -2.25. The topological polar surface area (TPSA) is 114 Å². The van der Waals surface area contributed by atoms with Crippen molar-refractivity contribution in [3.05, 3.63) is 77.2 Å². The number of aryl methyl sites for hydroxylation is 1. The normalized spacial score (nSPS) is 14.1. The molecule has 0 aliphatic rings. The molecule has 1 unspecified atom stereocenters. The monoisotopic (exact) mass is 497 g/mol. The smallest absolute Gasteiger partial charge is 0.305 e. The zero-order chi connectivity index (χ0) is 26.7. The van der Waals surface area contributed by atoms with Crippen LogP contribution in [-0.4, -0.2) is 44.1 Å². The predicted octanol–water partition coefficient (Wildman–Crippen LogP) is 4.44. The number of ether oxygens (including phenoxy) is 1. The van der Waals surface area contributed by atoms with Gasteiger partial charge < -0.3 is 20.3 Å². The lowest BCUT2D eigenvalue weighted by Crippen LogP contribution is -2.45. The minimum Gasteiger partial charge on any atom is -0.481 e. The van der Waals surface area contributed by atoms with Crippen molar-refractivity contribution in [2.45, 2.75) is 52.7 Å². The molecule has 1 amide bonds. The third kappa shape index (κ3) is 6.28. The van der Waals surface area contributed by atoms with Gasteiger partial charge in [-0.15, -0.1) is 0 Å². The van der Waals surface area contributed by atoms with Gasteiger partial charge in [-0.25, -0.2) is 4.39 Å². The summed E-state index contributed by atoms with van der Waals surface area (Å²) in [5.41, 5.74) is -0.168. The zero-order valence-electron chi connectivity index (χ0n) is 21.1. The summed E-state index contributed by atoms with van der Waals surface area (Å²) in [5, 5.41) is 27.2. The van der Waals surface area contributed by atoms with Crippen molar-refractivity contribution in [1.29, 1.82) is 0 Å². The minimum atomic E-state index is -1.24. The first-order chi connectivity index (χ1) is 16.8. The maximum Gasteiger partial charge on any atom is 0.305 e. The molecule has 1 heterocycles. The average molecular weight is 498 g/mol. The second kappa shape index (κ2) is 10.5. The Morgan fingerprint density at radius 3 is 2.33 bits per heavy atom. The van der Waals surface area contributed by atoms with Gasteiger partial charge in [-0.2, -0.15) is 9.78 Å². The average Bonchev–Trinajstić information content (AvgIpc) is 3.21. The number of hydrogen-bond donors (Lipinski definition) is 3. The first-order valence-electron chi connectivity index (χ1n) is 11.6. The molecule has 0 radical (unpaired) electrons. The van der Waals surface area contributed by atoms with E-state index in [2.05, 4.69) is 10.4 Å². The molecule has 0 aliphatic carbocycles. The highest BCUT2D eigenvalue weighted by Gasteiger charge is 2.36. The van der Waals surface area contributed by atoms with Crippen LogP contribution in [0.15, 0.2) is 54.6 Å². The largest absolute Gasteiger partial charge is 0.481 e. The van der Waals surface area contributed by atoms with Crippen LogP contribution >= 0.6 is 0 Å². The van der Waals surface area contributed by atoms with Crippen LogP contribution in [0.5, 0.6) is 5.88 Å². The molecule has 2 aromatic carbocycles. The first kappa shape index (κ1) is 26.9. The molecule has 0 saturated heterocycles. The number of nitrogens with zero attached hydrogens (tertiary/aromatic N) is 2. The van der Waals surface area contributed by atoms with Crippen LogP contribution in [0.1, 0.15) is 61.8 Å². The van der Waals surface area contributed by atoms with Crippen LogP contribution in [0.4, 0.5) is 4.39 Å². The Labute approximate surface area is 209 Å². The molecule has 36 heavy (non-hydrogen) atoms. The number of para-hydroxylation sites is 1. The Bertz CT molecular complexity index is 1230. The van der Waals surface area contributed by atoms with Crippen molar-refractivity contribution < 1.29 is 28.9 Å². The van der Waals surface area contributed by atoms with Crippen LogP contribution in [-0.2, 0) is 4.79 Å². The lowest BCUT2D eigenvalue weighted by molar-refractivity contribution is -0.137. The molecule has 9 heteroatoms. The quantitative estimate of drug-likeness (QED) is 0.403. The van der Waals surface area contributed by atoms with E-state index in [9.17, 15) is 24.2 Å². The molecule has 3 N–H and O–H groups in total. The highest BCUT2D eigenvalue weighted by molar-refractivity contribution is 5.93. The molecule has 0 aliphatic heterocycles. The molecule has 0 fully saturated rings. The van der Waals surface area contributed by atoms with Gasteiger partial charge in [0.15, 0.2) is 5.69 Å². The number of aromatic nitrogens is 2. The van der Waals surface area contributed by atoms with E-state index < -0.39 is 34.8 Å². The minimum absolute atomic E-state index is 0.0555. The van der Waals surface area contributed by atoms with E-state index in [-0.39, 0.29) is 30.3 Å². The van der Waals surface area contributed by atoms with Gasteiger partial charge in [0.1, 0.15) is 23.7 Å². The highest BCUT2D eigenvalue weighted by Crippen LogP contribution is 2.31. The molecule has 2 atom stereocenters. The number of carboxylic acid groups (broad SMARTS) is 1. The lowest BCUT2D eigenvalue weighted by Gasteiger charge is -2.36. The first-order valence-corrected chi connectivity index (χ1v) is 11.6. The van der Waals surface area contributed by atoms with Crippen LogP contribution in [0.3, 0.4) is 0 Å². The van der Waals surface area contributed by atoms with Crippen LogP contribution in [0.25, 0.3) is 5.69 Å². The Morgan fingerprint density at radius 2 is 1.75 bits per heavy atom. The van der Waals surface area contributed by atoms with Gasteiger partial charge >= 0.3 is 5.97 Å². The Balaban J connectivity index is 1.95. The summed E-state index contributed by atoms with van der Waals surface area (Å²) in [6, 6.07) is 13.6. The van der Waals surface area contributed by atoms with Gasteiger partial charge in [-0.3, -0.25) is 9.59 Å². The predicted molar refractivity (Wildman–Crippen MR) is 133 cm³/mol. The molecular formula is C27H32FN3O5. The Morgan fingerprint density at radius 1 is 1.11 bits per heavy atom. The van der Waals surface area contributed by atoms with Gasteiger partial charge in [0.2, 0.25) is 5.88 Å². The van der Waals surface area contributed by atoms with E-state index in [0.29, 0.717) is 5.56 Å². The third-order valence-corrected chi connectivity index (χ3v) is 6.27. The standard InChI is InChI=1S/C27H32FN3O5/c1-17-10-12-18(13-11-17)20(15-24(32)33)29-25(34)21-14-23(36-16-27(5,35)26(2,3)4)31(30-21)22-9-7-6-8-19(22)28/h6-14,20,35H,15-16H2,1-5H3,(H,29,34)(H,32,33)/t20?,27-/m0/s1. The van der Waals surface area contributed by atoms with Crippen LogP contribution < -0.4 is 10.1 Å². The molecule has 1 aromatic heterocycles. The summed E-state index contributed by atoms with van der Waals surface area (Å²) in [6.07, 6.45) is -0.333. The van der Waals surface area contributed by atoms with Gasteiger partial charge in [-0.05, 0) is 37.0 Å². The van der Waals surface area contributed by atoms with Crippen molar-refractivity contribution in [3.8, 4) is 11.6 Å². The molecule has 3 rings (SSSR count). The van der Waals surface area contributed by atoms with Gasteiger partial charge in [0, 0.05) is 6.07 Å². The van der Waals surface area contributed by atoms with E-state index in [4.69, 9.17) is 4.74 Å². The maximum absolute atomic E-state index is 14.6. The second-order valence-corrected chi connectivity index (χ2v) is 10.1. The molecule has 0 spiro atoms. The summed E-state index contributed by atoms with van der Waals surface area (Å²) < 4.78 is 21.6. The fourth-order valence-corrected chi connectivity index (χ4v) is 3.26. The number of nitrogens with one attached hydrogen (secondary N) is 1. The van der Waals surface area contributed by atoms with Gasteiger partial charge in [-0.1, -0.05) is 62.7 Å². The molecule has 8 nitrogen and oxygen atoms in total. The molecule has 0 saturated carbocycles. The van der Waals surface area contributed by atoms with E-state index in [1.54, 1.807) is 25.1 Å². The number of benzene rings is 2. The molecular weight excluding hydrogens is 465 g/mol. The van der Waals surface area contributed by atoms with Crippen LogP contribution in [0.2, 0.25) is 0 Å². The Kier molecular flexibility index (Phi) is 7.83. The SMILES string of the molecule is Cc1ccc(C(CC(=O)O)NC(=O)c2cc(OC[C@](C)(O)C(C)(C)C)n(-c3ccccc3F)n2)cc1.